The highest BCUT2D eigenvalue weighted by Gasteiger charge is 2.36. The molecular formula is C42H89ClN3O7+. The van der Waals surface area contributed by atoms with Crippen molar-refractivity contribution in [1.29, 1.82) is 0 Å². The van der Waals surface area contributed by atoms with E-state index in [4.69, 9.17) is 26.3 Å². The number of hydrogen-bond donors (Lipinski definition) is 1. The van der Waals surface area contributed by atoms with Gasteiger partial charge in [-0.2, -0.15) is 0 Å². The molecule has 0 spiro atoms. The Balaban J connectivity index is -0.000000102. The number of aliphatic carboxylic acids is 1. The second-order valence-corrected chi connectivity index (χ2v) is 21.4. The minimum Gasteiger partial charge on any atom is -0.481 e. The average molecular weight is 784 g/mol. The number of hydroxylamine groups is 2. The fraction of sp³-hybridized carbons (Fsp3) is 0.833. The maximum Gasteiger partial charge on any atom is 0.453 e. The molecule has 1 saturated heterocycles. The zero-order valence-electron chi connectivity index (χ0n) is 37.6. The monoisotopic (exact) mass is 783 g/mol. The van der Waals surface area contributed by atoms with E-state index in [1.165, 1.54) is 0 Å². The van der Waals surface area contributed by atoms with Crippen LogP contribution < -0.4 is 0 Å². The first-order valence-electron chi connectivity index (χ1n) is 17.4. The molecule has 0 aromatic heterocycles. The maximum absolute atomic E-state index is 11.6. The van der Waals surface area contributed by atoms with Crippen LogP contribution in [-0.2, 0) is 28.8 Å². The van der Waals surface area contributed by atoms with E-state index in [0.29, 0.717) is 29.0 Å². The molecule has 53 heavy (non-hydrogen) atoms. The van der Waals surface area contributed by atoms with Crippen molar-refractivity contribution >= 4 is 41.4 Å². The van der Waals surface area contributed by atoms with E-state index < -0.39 is 28.2 Å². The van der Waals surface area contributed by atoms with Crippen LogP contribution in [0.5, 0.6) is 0 Å². The number of esters is 1. The molecule has 0 aromatic carbocycles. The maximum atomic E-state index is 11.6. The summed E-state index contributed by atoms with van der Waals surface area (Å²) in [4.78, 5) is 51.4. The van der Waals surface area contributed by atoms with Gasteiger partial charge in [0.2, 0.25) is 0 Å². The minimum absolute atomic E-state index is 0. The van der Waals surface area contributed by atoms with E-state index in [-0.39, 0.29) is 37.5 Å². The van der Waals surface area contributed by atoms with Crippen molar-refractivity contribution in [3.8, 4) is 0 Å². The molecule has 1 unspecified atom stereocenters. The van der Waals surface area contributed by atoms with E-state index in [0.717, 1.165) is 5.06 Å². The lowest BCUT2D eigenvalue weighted by atomic mass is 9.97. The molecule has 1 amide bonds. The van der Waals surface area contributed by atoms with Gasteiger partial charge >= 0.3 is 23.9 Å². The molecule has 1 heterocycles. The van der Waals surface area contributed by atoms with Gasteiger partial charge in [0.1, 0.15) is 0 Å². The Morgan fingerprint density at radius 2 is 1.00 bits per heavy atom. The van der Waals surface area contributed by atoms with Gasteiger partial charge in [0.15, 0.2) is 0 Å². The minimum atomic E-state index is -0.757. The molecular weight excluding hydrogens is 694 g/mol. The summed E-state index contributed by atoms with van der Waals surface area (Å²) in [6.45, 7) is 44.7. The Labute approximate surface area is 334 Å². The van der Waals surface area contributed by atoms with Crippen molar-refractivity contribution in [2.75, 3.05) is 28.2 Å². The number of carbonyl (C=O) groups excluding carboxylic acids is 3. The van der Waals surface area contributed by atoms with Crippen LogP contribution in [0.4, 0.5) is 0 Å². The van der Waals surface area contributed by atoms with Crippen LogP contribution in [0, 0.1) is 33.0 Å². The summed E-state index contributed by atoms with van der Waals surface area (Å²) in [5.41, 5.74) is -0.124. The number of halogens is 1. The second-order valence-electron chi connectivity index (χ2n) is 20.2. The normalized spacial score (nSPS) is 14.0. The van der Waals surface area contributed by atoms with Crippen molar-refractivity contribution < 1.29 is 38.4 Å². The van der Waals surface area contributed by atoms with Gasteiger partial charge in [0.05, 0.1) is 50.1 Å². The lowest BCUT2D eigenvalue weighted by molar-refractivity contribution is -0.479. The topological polar surface area (TPSA) is 116 Å². The number of rotatable bonds is 1. The van der Waals surface area contributed by atoms with Gasteiger partial charge in [-0.05, 0) is 93.9 Å². The lowest BCUT2D eigenvalue weighted by Gasteiger charge is -2.22. The molecule has 1 fully saturated rings. The Bertz CT molecular complexity index is 1070. The van der Waals surface area contributed by atoms with Crippen molar-refractivity contribution in [3.63, 3.8) is 0 Å². The van der Waals surface area contributed by atoms with E-state index in [1.807, 2.05) is 76.7 Å². The molecule has 0 saturated carbocycles. The highest BCUT2D eigenvalue weighted by atomic mass is 35.5. The molecule has 1 atom stereocenters. The third kappa shape index (κ3) is 49.4. The summed E-state index contributed by atoms with van der Waals surface area (Å²) in [6, 6.07) is 0.546. The zero-order chi connectivity index (χ0) is 42.9. The van der Waals surface area contributed by atoms with Gasteiger partial charge in [0, 0.05) is 17.2 Å². The molecule has 1 rings (SSSR count). The number of carbonyl (C=O) groups is 4. The van der Waals surface area contributed by atoms with E-state index in [1.54, 1.807) is 51.0 Å². The SMILES string of the molecule is C.C.C=C1C(C)CC(=O)N1OC(=O)C(C)(C)C.CC(C)(C)C.CC(C)(C)C.CC(C)(C)C(=O)O.CC(C)(C)Cl.CN(C)C(OC(=O)C(C)(C)C)=[N+](C)C. The number of alkyl halides is 1. The largest absolute Gasteiger partial charge is 0.481 e. The van der Waals surface area contributed by atoms with Crippen LogP contribution in [0.2, 0.25) is 0 Å². The smallest absolute Gasteiger partial charge is 0.453 e. The summed E-state index contributed by atoms with van der Waals surface area (Å²) in [5.74, 6) is -1.57. The standard InChI is InChI=1S/C11H17NO3.C10H21N2O2.C5H10O2.2C5H12.C4H9Cl.2CH4/c1-7-6-9(13)12(8(7)2)15-10(14)11(3,4)5;1-10(2,3)8(13)14-9(11(4)5)12(6)7;1-5(2,3)4(6)7;2*1-5(2,3)4;1-4(2,3)5;;/h7H,2,6H2,1,3-5H3;1-7H3;1-3H3,(H,6,7);2*1-4H3;1-3H3;2*1H4/q;+1;;;;;;. The third-order valence-electron chi connectivity index (χ3n) is 4.53. The van der Waals surface area contributed by atoms with Crippen LogP contribution in [0.25, 0.3) is 0 Å². The first-order valence-corrected chi connectivity index (χ1v) is 17.8. The summed E-state index contributed by atoms with van der Waals surface area (Å²) in [5, 5.41) is 9.28. The molecule has 10 nitrogen and oxygen atoms in total. The zero-order valence-corrected chi connectivity index (χ0v) is 38.4. The molecule has 1 N–H and O–H groups in total. The molecule has 0 bridgehead atoms. The number of nitrogens with zero attached hydrogens (tertiary/aromatic N) is 3. The fourth-order valence-corrected chi connectivity index (χ4v) is 1.97. The lowest BCUT2D eigenvalue weighted by Crippen LogP contribution is -2.37. The second kappa shape index (κ2) is 26.2. The third-order valence-corrected chi connectivity index (χ3v) is 4.53. The first kappa shape index (κ1) is 65.3. The summed E-state index contributed by atoms with van der Waals surface area (Å²) < 4.78 is 7.03. The van der Waals surface area contributed by atoms with Gasteiger partial charge in [-0.15, -0.1) is 16.7 Å². The molecule has 11 heteroatoms. The van der Waals surface area contributed by atoms with Crippen LogP contribution in [0.3, 0.4) is 0 Å². The molecule has 1 aliphatic rings. The quantitative estimate of drug-likeness (QED) is 0.0919. The van der Waals surface area contributed by atoms with Gasteiger partial charge in [-0.1, -0.05) is 83.7 Å². The number of amides is 1. The van der Waals surface area contributed by atoms with Crippen LogP contribution in [0.15, 0.2) is 12.3 Å². The van der Waals surface area contributed by atoms with Crippen LogP contribution in [-0.4, -0.2) is 82.5 Å². The van der Waals surface area contributed by atoms with Gasteiger partial charge in [-0.3, -0.25) is 14.4 Å². The Morgan fingerprint density at radius 1 is 0.736 bits per heavy atom. The van der Waals surface area contributed by atoms with Gasteiger partial charge in [0.25, 0.3) is 5.91 Å². The van der Waals surface area contributed by atoms with Gasteiger partial charge < -0.3 is 14.7 Å². The summed E-state index contributed by atoms with van der Waals surface area (Å²) in [6.07, 6.45) is 0.357. The molecule has 1 aliphatic heterocycles. The molecule has 0 aromatic rings. The Kier molecular flexibility index (Phi) is 32.3. The highest BCUT2D eigenvalue weighted by Crippen LogP contribution is 2.29. The molecule has 320 valence electrons. The number of carboxylic acids is 1. The number of allylic oxidation sites excluding steroid dienone is 1. The number of amidine groups is 1. The van der Waals surface area contributed by atoms with Crippen molar-refractivity contribution in [1.82, 2.24) is 9.96 Å². The van der Waals surface area contributed by atoms with Crippen molar-refractivity contribution in [3.05, 3.63) is 12.3 Å². The Hall–Kier alpha value is -2.62. The Morgan fingerprint density at radius 3 is 1.15 bits per heavy atom. The van der Waals surface area contributed by atoms with Crippen LogP contribution in [0.1, 0.15) is 167 Å². The summed E-state index contributed by atoms with van der Waals surface area (Å²) in [7, 11) is 7.35. The summed E-state index contributed by atoms with van der Waals surface area (Å²) >= 11 is 5.53. The van der Waals surface area contributed by atoms with E-state index in [2.05, 4.69) is 62.0 Å². The highest BCUT2D eigenvalue weighted by molar-refractivity contribution is 6.23. The predicted molar refractivity (Wildman–Crippen MR) is 228 cm³/mol. The number of ether oxygens (including phenoxy) is 1. The molecule has 0 radical (unpaired) electrons. The van der Waals surface area contributed by atoms with Gasteiger partial charge in [-0.25, -0.2) is 14.3 Å². The number of hydrogen-bond acceptors (Lipinski definition) is 6. The fourth-order valence-electron chi connectivity index (χ4n) is 1.97. The van der Waals surface area contributed by atoms with E-state index >= 15 is 0 Å². The number of carboxylic acid groups (broad SMARTS) is 1. The van der Waals surface area contributed by atoms with Crippen LogP contribution >= 0.6 is 11.6 Å². The van der Waals surface area contributed by atoms with Crippen molar-refractivity contribution in [2.45, 2.75) is 172 Å². The van der Waals surface area contributed by atoms with E-state index in [9.17, 15) is 19.2 Å². The predicted octanol–water partition coefficient (Wildman–Crippen LogP) is 11.2. The first-order chi connectivity index (χ1) is 21.8. The average Bonchev–Trinajstić information content (AvgIpc) is 3.03. The molecule has 0 aliphatic carbocycles. The van der Waals surface area contributed by atoms with Crippen molar-refractivity contribution in [2.24, 2.45) is 33.0 Å².